The molecule has 0 aliphatic rings. The quantitative estimate of drug-likeness (QED) is 0.439. The van der Waals surface area contributed by atoms with Gasteiger partial charge in [-0.15, -0.1) is 0 Å². The molecule has 0 bridgehead atoms. The van der Waals surface area contributed by atoms with Gasteiger partial charge in [0.25, 0.3) is 0 Å². The Bertz CT molecular complexity index is 554. The van der Waals surface area contributed by atoms with Gasteiger partial charge in [0.15, 0.2) is 5.78 Å². The van der Waals surface area contributed by atoms with Gasteiger partial charge in [-0.1, -0.05) is 41.9 Å². The van der Waals surface area contributed by atoms with Crippen LogP contribution in [-0.2, 0) is 20.7 Å². The average molecular weight is 324 g/mol. The van der Waals surface area contributed by atoms with E-state index in [9.17, 15) is 9.59 Å². The van der Waals surface area contributed by atoms with Crippen LogP contribution in [0.2, 0.25) is 0 Å². The van der Waals surface area contributed by atoms with Crippen molar-refractivity contribution < 1.29 is 14.3 Å². The molecule has 0 aromatic heterocycles. The lowest BCUT2D eigenvalue weighted by Gasteiger charge is -2.26. The molecule has 0 spiro atoms. The van der Waals surface area contributed by atoms with Crippen LogP contribution in [0.15, 0.2) is 41.6 Å². The van der Waals surface area contributed by atoms with Crippen LogP contribution in [0.5, 0.6) is 0 Å². The molecule has 0 heterocycles. The highest BCUT2D eigenvalue weighted by Crippen LogP contribution is 2.30. The Hall–Kier alpha value is -1.81. The summed E-state index contributed by atoms with van der Waals surface area (Å²) in [6, 6.07) is 9.35. The molecule has 1 aromatic rings. The lowest BCUT2D eigenvalue weighted by Crippen LogP contribution is -2.40. The number of halogens is 1. The van der Waals surface area contributed by atoms with Gasteiger partial charge in [-0.2, -0.15) is 0 Å². The number of hydrogen-bond acceptors (Lipinski definition) is 4. The third-order valence-corrected chi connectivity index (χ3v) is 3.49. The number of benzene rings is 1. The fourth-order valence-electron chi connectivity index (χ4n) is 2.09. The number of allylic oxidation sites excluding steroid dienone is 1. The van der Waals surface area contributed by atoms with Crippen molar-refractivity contribution in [1.29, 1.82) is 0 Å². The fourth-order valence-corrected chi connectivity index (χ4v) is 2.49. The fraction of sp³-hybridized carbons (Fsp3) is 0.412. The molecule has 120 valence electrons. The average Bonchev–Trinajstić information content (AvgIpc) is 2.46. The van der Waals surface area contributed by atoms with E-state index in [1.165, 1.54) is 6.20 Å². The Morgan fingerprint density at radius 1 is 1.27 bits per heavy atom. The smallest absolute Gasteiger partial charge is 0.320 e. The van der Waals surface area contributed by atoms with E-state index in [-0.39, 0.29) is 18.1 Å². The van der Waals surface area contributed by atoms with Crippen LogP contribution in [-0.4, -0.2) is 37.4 Å². The zero-order chi connectivity index (χ0) is 16.8. The second kappa shape index (κ2) is 7.99. The van der Waals surface area contributed by atoms with Crippen LogP contribution in [0.3, 0.4) is 0 Å². The minimum Gasteiger partial charge on any atom is -0.465 e. The predicted octanol–water partition coefficient (Wildman–Crippen LogP) is 3.01. The number of carbonyl (C=O) groups is 2. The molecule has 1 rings (SSSR count). The van der Waals surface area contributed by atoms with E-state index in [2.05, 4.69) is 0 Å². The van der Waals surface area contributed by atoms with Crippen LogP contribution in [0.1, 0.15) is 19.4 Å². The van der Waals surface area contributed by atoms with Crippen molar-refractivity contribution in [2.45, 2.75) is 20.3 Å². The van der Waals surface area contributed by atoms with Crippen molar-refractivity contribution >= 4 is 23.4 Å². The standard InChI is InChI=1S/C17H22ClNO3/c1-5-22-16(21)17(2,11-13-9-7-6-8-10-13)15(20)14(18)12-19(3)4/h6-10,12H,5,11H2,1-4H3/b14-12-. The molecule has 0 saturated carbocycles. The van der Waals surface area contributed by atoms with Gasteiger partial charge in [-0.05, 0) is 25.8 Å². The lowest BCUT2D eigenvalue weighted by molar-refractivity contribution is -0.157. The van der Waals surface area contributed by atoms with Gasteiger partial charge < -0.3 is 9.64 Å². The van der Waals surface area contributed by atoms with E-state index in [4.69, 9.17) is 16.3 Å². The third kappa shape index (κ3) is 4.60. The molecule has 0 saturated heterocycles. The maximum atomic E-state index is 12.7. The number of esters is 1. The van der Waals surface area contributed by atoms with E-state index < -0.39 is 17.2 Å². The predicted molar refractivity (Wildman–Crippen MR) is 87.5 cm³/mol. The Kier molecular flexibility index (Phi) is 6.62. The number of hydrogen-bond donors (Lipinski definition) is 0. The molecule has 4 nitrogen and oxygen atoms in total. The number of ether oxygens (including phenoxy) is 1. The molecule has 0 aliphatic carbocycles. The van der Waals surface area contributed by atoms with Gasteiger partial charge in [0.2, 0.25) is 0 Å². The van der Waals surface area contributed by atoms with Crippen molar-refractivity contribution in [3.05, 3.63) is 47.1 Å². The Morgan fingerprint density at radius 3 is 2.36 bits per heavy atom. The Morgan fingerprint density at radius 2 is 1.86 bits per heavy atom. The van der Waals surface area contributed by atoms with Crippen LogP contribution in [0.4, 0.5) is 0 Å². The number of carbonyl (C=O) groups excluding carboxylic acids is 2. The van der Waals surface area contributed by atoms with Crippen LogP contribution in [0.25, 0.3) is 0 Å². The minimum atomic E-state index is -1.35. The van der Waals surface area contributed by atoms with Crippen LogP contribution < -0.4 is 0 Å². The van der Waals surface area contributed by atoms with Crippen molar-refractivity contribution in [3.8, 4) is 0 Å². The van der Waals surface area contributed by atoms with Crippen molar-refractivity contribution in [3.63, 3.8) is 0 Å². The molecule has 22 heavy (non-hydrogen) atoms. The zero-order valence-corrected chi connectivity index (χ0v) is 14.2. The maximum Gasteiger partial charge on any atom is 0.320 e. The lowest BCUT2D eigenvalue weighted by atomic mass is 9.79. The number of nitrogens with zero attached hydrogens (tertiary/aromatic N) is 1. The third-order valence-electron chi connectivity index (χ3n) is 3.22. The first-order chi connectivity index (χ1) is 10.3. The van der Waals surface area contributed by atoms with E-state index >= 15 is 0 Å². The number of Topliss-reactive ketones (excluding diaryl/α,β-unsaturated/α-hetero) is 1. The molecule has 1 atom stereocenters. The maximum absolute atomic E-state index is 12.7. The van der Waals surface area contributed by atoms with Gasteiger partial charge in [-0.25, -0.2) is 0 Å². The largest absolute Gasteiger partial charge is 0.465 e. The highest BCUT2D eigenvalue weighted by atomic mass is 35.5. The highest BCUT2D eigenvalue weighted by molar-refractivity contribution is 6.44. The van der Waals surface area contributed by atoms with Gasteiger partial charge in [0.1, 0.15) is 10.4 Å². The summed E-state index contributed by atoms with van der Waals surface area (Å²) in [7, 11) is 3.52. The van der Waals surface area contributed by atoms with Crippen molar-refractivity contribution in [2.75, 3.05) is 20.7 Å². The van der Waals surface area contributed by atoms with Crippen molar-refractivity contribution in [1.82, 2.24) is 4.90 Å². The van der Waals surface area contributed by atoms with E-state index in [1.807, 2.05) is 30.3 Å². The first-order valence-corrected chi connectivity index (χ1v) is 7.48. The van der Waals surface area contributed by atoms with Gasteiger partial charge in [0.05, 0.1) is 6.61 Å². The first-order valence-electron chi connectivity index (χ1n) is 7.11. The monoisotopic (exact) mass is 323 g/mol. The van der Waals surface area contributed by atoms with E-state index in [1.54, 1.807) is 32.8 Å². The van der Waals surface area contributed by atoms with Gasteiger partial charge >= 0.3 is 5.97 Å². The molecule has 0 fully saturated rings. The molecule has 5 heteroatoms. The second-order valence-corrected chi connectivity index (χ2v) is 5.89. The Labute approximate surface area is 136 Å². The molecular weight excluding hydrogens is 302 g/mol. The summed E-state index contributed by atoms with van der Waals surface area (Å²) in [6.45, 7) is 3.50. The molecule has 0 radical (unpaired) electrons. The zero-order valence-electron chi connectivity index (χ0n) is 13.4. The van der Waals surface area contributed by atoms with Crippen molar-refractivity contribution in [2.24, 2.45) is 5.41 Å². The minimum absolute atomic E-state index is 0.0106. The second-order valence-electron chi connectivity index (χ2n) is 5.48. The topological polar surface area (TPSA) is 46.6 Å². The summed E-state index contributed by atoms with van der Waals surface area (Å²) in [6.07, 6.45) is 1.73. The summed E-state index contributed by atoms with van der Waals surface area (Å²) >= 11 is 6.08. The SMILES string of the molecule is CCOC(=O)C(C)(Cc1ccccc1)C(=O)/C(Cl)=C/N(C)C. The van der Waals surface area contributed by atoms with Gasteiger partial charge in [0, 0.05) is 20.3 Å². The summed E-state index contributed by atoms with van der Waals surface area (Å²) in [5.41, 5.74) is -0.471. The number of rotatable bonds is 7. The first kappa shape index (κ1) is 18.2. The summed E-state index contributed by atoms with van der Waals surface area (Å²) in [4.78, 5) is 26.7. The highest BCUT2D eigenvalue weighted by Gasteiger charge is 2.43. The van der Waals surface area contributed by atoms with Crippen LogP contribution in [0, 0.1) is 5.41 Å². The van der Waals surface area contributed by atoms with E-state index in [0.717, 1.165) is 5.56 Å². The molecule has 1 unspecified atom stereocenters. The summed E-state index contributed by atoms with van der Waals surface area (Å²) < 4.78 is 5.10. The Balaban J connectivity index is 3.16. The number of ketones is 1. The molecular formula is C17H22ClNO3. The molecule has 0 amide bonds. The summed E-state index contributed by atoms with van der Waals surface area (Å²) in [5.74, 6) is -1.00. The van der Waals surface area contributed by atoms with E-state index in [0.29, 0.717) is 0 Å². The van der Waals surface area contributed by atoms with Gasteiger partial charge in [-0.3, -0.25) is 9.59 Å². The summed E-state index contributed by atoms with van der Waals surface area (Å²) in [5, 5.41) is 0.0106. The molecule has 0 N–H and O–H groups in total. The molecule has 0 aliphatic heterocycles. The normalized spacial score (nSPS) is 14.1. The molecule has 1 aromatic carbocycles. The van der Waals surface area contributed by atoms with Crippen LogP contribution >= 0.6 is 11.6 Å².